The van der Waals surface area contributed by atoms with Crippen LogP contribution in [-0.4, -0.2) is 45.9 Å². The molecule has 1 fully saturated rings. The topological polar surface area (TPSA) is 102 Å². The molecule has 0 radical (unpaired) electrons. The monoisotopic (exact) mass is 399 g/mol. The lowest BCUT2D eigenvalue weighted by Gasteiger charge is -2.16. The summed E-state index contributed by atoms with van der Waals surface area (Å²) in [4.78, 5) is 13.2. The van der Waals surface area contributed by atoms with Gasteiger partial charge in [0.05, 0.1) is 22.6 Å². The normalized spacial score (nSPS) is 17.9. The van der Waals surface area contributed by atoms with Crippen LogP contribution in [0.3, 0.4) is 0 Å². The Hall–Kier alpha value is -2.65. The maximum atomic E-state index is 12.8. The smallest absolute Gasteiger partial charge is 0.244 e. The van der Waals surface area contributed by atoms with E-state index in [2.05, 4.69) is 20.1 Å². The standard InChI is InChI=1S/C19H21N5O3S/c1-13-18(14(2)27-23-13)19-17(21-7-8-22-19)10-15-5-9-24(12-15)28(25,26)16-4-3-6-20-11-16/h3-4,6-8,11,15H,5,9-10,12H2,1-2H3. The molecule has 8 nitrogen and oxygen atoms in total. The number of aryl methyl sites for hydroxylation is 2. The molecule has 1 aliphatic rings. The van der Waals surface area contributed by atoms with Crippen molar-refractivity contribution in [2.24, 2.45) is 5.92 Å². The number of rotatable bonds is 5. The van der Waals surface area contributed by atoms with E-state index >= 15 is 0 Å². The molecule has 1 saturated heterocycles. The second kappa shape index (κ2) is 7.40. The molecule has 0 aromatic carbocycles. The minimum Gasteiger partial charge on any atom is -0.361 e. The summed E-state index contributed by atoms with van der Waals surface area (Å²) in [6.45, 7) is 4.67. The molecule has 0 saturated carbocycles. The molecule has 28 heavy (non-hydrogen) atoms. The summed E-state index contributed by atoms with van der Waals surface area (Å²) in [5.74, 6) is 0.869. The Balaban J connectivity index is 1.55. The van der Waals surface area contributed by atoms with Gasteiger partial charge >= 0.3 is 0 Å². The first-order valence-corrected chi connectivity index (χ1v) is 10.5. The van der Waals surface area contributed by atoms with Gasteiger partial charge in [-0.25, -0.2) is 8.42 Å². The zero-order valence-corrected chi connectivity index (χ0v) is 16.6. The van der Waals surface area contributed by atoms with Crippen molar-refractivity contribution in [2.75, 3.05) is 13.1 Å². The maximum Gasteiger partial charge on any atom is 0.244 e. The number of nitrogens with zero attached hydrogens (tertiary/aromatic N) is 5. The highest BCUT2D eigenvalue weighted by atomic mass is 32.2. The van der Waals surface area contributed by atoms with E-state index in [4.69, 9.17) is 4.52 Å². The summed E-state index contributed by atoms with van der Waals surface area (Å²) in [6, 6.07) is 3.21. The molecule has 0 aliphatic carbocycles. The summed E-state index contributed by atoms with van der Waals surface area (Å²) >= 11 is 0. The third kappa shape index (κ3) is 3.43. The number of sulfonamides is 1. The molecule has 4 rings (SSSR count). The van der Waals surface area contributed by atoms with Crippen molar-refractivity contribution >= 4 is 10.0 Å². The molecule has 0 spiro atoms. The van der Waals surface area contributed by atoms with Gasteiger partial charge < -0.3 is 4.52 Å². The van der Waals surface area contributed by atoms with Gasteiger partial charge in [0, 0.05) is 37.9 Å². The first kappa shape index (κ1) is 18.7. The lowest BCUT2D eigenvalue weighted by Crippen LogP contribution is -2.29. The lowest BCUT2D eigenvalue weighted by molar-refractivity contribution is 0.393. The van der Waals surface area contributed by atoms with Gasteiger partial charge in [0.15, 0.2) is 0 Å². The molecule has 0 N–H and O–H groups in total. The molecule has 1 unspecified atom stereocenters. The number of pyridine rings is 1. The first-order valence-electron chi connectivity index (χ1n) is 9.10. The molecule has 146 valence electrons. The van der Waals surface area contributed by atoms with Crippen molar-refractivity contribution in [2.45, 2.75) is 31.6 Å². The van der Waals surface area contributed by atoms with Crippen LogP contribution in [0.1, 0.15) is 23.6 Å². The zero-order valence-electron chi connectivity index (χ0n) is 15.7. The summed E-state index contributed by atoms with van der Waals surface area (Å²) < 4.78 is 32.4. The van der Waals surface area contributed by atoms with Crippen LogP contribution in [-0.2, 0) is 16.4 Å². The maximum absolute atomic E-state index is 12.8. The van der Waals surface area contributed by atoms with Gasteiger partial charge in [-0.15, -0.1) is 0 Å². The van der Waals surface area contributed by atoms with Gasteiger partial charge in [-0.05, 0) is 44.7 Å². The van der Waals surface area contributed by atoms with E-state index in [9.17, 15) is 8.42 Å². The highest BCUT2D eigenvalue weighted by molar-refractivity contribution is 7.89. The Kier molecular flexibility index (Phi) is 4.94. The van der Waals surface area contributed by atoms with Crippen LogP contribution in [0, 0.1) is 19.8 Å². The molecular formula is C19H21N5O3S. The second-order valence-electron chi connectivity index (χ2n) is 6.96. The number of hydrogen-bond donors (Lipinski definition) is 0. The van der Waals surface area contributed by atoms with Gasteiger partial charge in [-0.2, -0.15) is 4.31 Å². The van der Waals surface area contributed by atoms with Crippen molar-refractivity contribution < 1.29 is 12.9 Å². The Bertz CT molecular complexity index is 1060. The van der Waals surface area contributed by atoms with Crippen LogP contribution in [0.15, 0.2) is 46.3 Å². The van der Waals surface area contributed by atoms with Gasteiger partial charge in [0.1, 0.15) is 10.7 Å². The molecule has 3 aromatic rings. The molecule has 9 heteroatoms. The van der Waals surface area contributed by atoms with Crippen molar-refractivity contribution in [1.29, 1.82) is 0 Å². The van der Waals surface area contributed by atoms with Crippen LogP contribution in [0.4, 0.5) is 0 Å². The third-order valence-electron chi connectivity index (χ3n) is 5.05. The van der Waals surface area contributed by atoms with Crippen LogP contribution < -0.4 is 0 Å². The average molecular weight is 399 g/mol. The fourth-order valence-electron chi connectivity index (χ4n) is 3.65. The van der Waals surface area contributed by atoms with Gasteiger partial charge in [0.25, 0.3) is 0 Å². The van der Waals surface area contributed by atoms with Gasteiger partial charge in [-0.1, -0.05) is 5.16 Å². The molecule has 0 amide bonds. The van der Waals surface area contributed by atoms with E-state index in [-0.39, 0.29) is 10.8 Å². The van der Waals surface area contributed by atoms with Crippen molar-refractivity contribution in [3.05, 3.63) is 54.1 Å². The van der Waals surface area contributed by atoms with Crippen molar-refractivity contribution in [3.63, 3.8) is 0 Å². The predicted octanol–water partition coefficient (Wildman–Crippen LogP) is 2.40. The zero-order chi connectivity index (χ0) is 19.7. The van der Waals surface area contributed by atoms with Crippen LogP contribution in [0.25, 0.3) is 11.3 Å². The Morgan fingerprint density at radius 1 is 1.21 bits per heavy atom. The van der Waals surface area contributed by atoms with Crippen LogP contribution in [0.2, 0.25) is 0 Å². The second-order valence-corrected chi connectivity index (χ2v) is 8.90. The van der Waals surface area contributed by atoms with Crippen LogP contribution in [0.5, 0.6) is 0 Å². The van der Waals surface area contributed by atoms with E-state index in [0.717, 1.165) is 29.1 Å². The fraction of sp³-hybridized carbons (Fsp3) is 0.368. The summed E-state index contributed by atoms with van der Waals surface area (Å²) in [5, 5.41) is 4.01. The molecule has 4 heterocycles. The van der Waals surface area contributed by atoms with E-state index in [0.29, 0.717) is 25.3 Å². The molecular weight excluding hydrogens is 378 g/mol. The number of aromatic nitrogens is 4. The van der Waals surface area contributed by atoms with E-state index in [1.54, 1.807) is 30.7 Å². The highest BCUT2D eigenvalue weighted by Crippen LogP contribution is 2.31. The lowest BCUT2D eigenvalue weighted by atomic mass is 9.98. The predicted molar refractivity (Wildman–Crippen MR) is 102 cm³/mol. The largest absolute Gasteiger partial charge is 0.361 e. The Labute approximate surface area is 163 Å². The average Bonchev–Trinajstić information content (AvgIpc) is 3.30. The minimum absolute atomic E-state index is 0.169. The van der Waals surface area contributed by atoms with E-state index < -0.39 is 10.0 Å². The summed E-state index contributed by atoms with van der Waals surface area (Å²) in [7, 11) is -3.52. The Morgan fingerprint density at radius 2 is 2.04 bits per heavy atom. The van der Waals surface area contributed by atoms with Gasteiger partial charge in [0.2, 0.25) is 10.0 Å². The van der Waals surface area contributed by atoms with E-state index in [1.165, 1.54) is 10.5 Å². The Morgan fingerprint density at radius 3 is 2.75 bits per heavy atom. The molecule has 1 atom stereocenters. The van der Waals surface area contributed by atoms with E-state index in [1.807, 2.05) is 13.8 Å². The first-order chi connectivity index (χ1) is 13.5. The quantitative estimate of drug-likeness (QED) is 0.649. The highest BCUT2D eigenvalue weighted by Gasteiger charge is 2.33. The number of hydrogen-bond acceptors (Lipinski definition) is 7. The molecule has 3 aromatic heterocycles. The fourth-order valence-corrected chi connectivity index (χ4v) is 5.15. The minimum atomic E-state index is -3.52. The third-order valence-corrected chi connectivity index (χ3v) is 6.90. The van der Waals surface area contributed by atoms with Crippen molar-refractivity contribution in [1.82, 2.24) is 24.4 Å². The van der Waals surface area contributed by atoms with Crippen LogP contribution >= 0.6 is 0 Å². The summed E-state index contributed by atoms with van der Waals surface area (Å²) in [6.07, 6.45) is 7.69. The summed E-state index contributed by atoms with van der Waals surface area (Å²) in [5.41, 5.74) is 3.22. The molecule has 1 aliphatic heterocycles. The van der Waals surface area contributed by atoms with Gasteiger partial charge in [-0.3, -0.25) is 15.0 Å². The molecule has 0 bridgehead atoms. The van der Waals surface area contributed by atoms with Crippen molar-refractivity contribution in [3.8, 4) is 11.3 Å². The SMILES string of the molecule is Cc1noc(C)c1-c1nccnc1CC1CCN(S(=O)(=O)c2cccnc2)C1.